The van der Waals surface area contributed by atoms with Crippen LogP contribution >= 0.6 is 11.6 Å². The van der Waals surface area contributed by atoms with Gasteiger partial charge in [-0.05, 0) is 61.9 Å². The molecular formula is C25H22ClFN4O4S. The van der Waals surface area contributed by atoms with Gasteiger partial charge in [-0.3, -0.25) is 9.78 Å². The zero-order valence-electron chi connectivity index (χ0n) is 19.2. The van der Waals surface area contributed by atoms with Gasteiger partial charge >= 0.3 is 0 Å². The minimum Gasteiger partial charge on any atom is -0.390 e. The van der Waals surface area contributed by atoms with E-state index in [1.165, 1.54) is 18.3 Å². The number of sulfone groups is 1. The lowest BCUT2D eigenvalue weighted by Gasteiger charge is -2.23. The summed E-state index contributed by atoms with van der Waals surface area (Å²) in [5.74, 6) is -0.899. The molecule has 0 saturated carbocycles. The number of amides is 1. The first-order valence-electron chi connectivity index (χ1n) is 11.1. The lowest BCUT2D eigenvalue weighted by Crippen LogP contribution is -2.46. The second-order valence-electron chi connectivity index (χ2n) is 9.13. The predicted octanol–water partition coefficient (Wildman–Crippen LogP) is 3.68. The second kappa shape index (κ2) is 8.95. The average molecular weight is 529 g/mol. The zero-order chi connectivity index (χ0) is 25.7. The Labute approximate surface area is 211 Å². The minimum absolute atomic E-state index is 0.0321. The number of carbonyl (C=O) groups excluding carboxylic acids is 1. The number of hydrogen-bond acceptors (Lipinski definition) is 6. The number of nitrogens with zero attached hydrogens (tertiary/aromatic N) is 3. The summed E-state index contributed by atoms with van der Waals surface area (Å²) in [5, 5.41) is 18.4. The lowest BCUT2D eigenvalue weighted by atomic mass is 10.0. The SMILES string of the molecule is C[C@@]1(NC(=O)c2ccc3c(-c4cc(Cl)cnc4CO)nn(-c4ccc(F)cc4)c3c2)CCS(=O)(=O)C1. The van der Waals surface area contributed by atoms with Crippen LogP contribution in [-0.2, 0) is 16.4 Å². The number of halogens is 2. The van der Waals surface area contributed by atoms with E-state index in [0.29, 0.717) is 50.5 Å². The van der Waals surface area contributed by atoms with Crippen molar-refractivity contribution >= 4 is 38.2 Å². The third-order valence-electron chi connectivity index (χ3n) is 6.27. The highest BCUT2D eigenvalue weighted by Crippen LogP contribution is 2.34. The molecule has 1 aliphatic rings. The molecular weight excluding hydrogens is 507 g/mol. The molecule has 0 unspecified atom stereocenters. The Morgan fingerprint density at radius 1 is 1.22 bits per heavy atom. The van der Waals surface area contributed by atoms with E-state index in [1.807, 2.05) is 0 Å². The van der Waals surface area contributed by atoms with E-state index in [1.54, 1.807) is 48.0 Å². The highest BCUT2D eigenvalue weighted by atomic mass is 35.5. The molecule has 8 nitrogen and oxygen atoms in total. The van der Waals surface area contributed by atoms with Crippen LogP contribution in [0.15, 0.2) is 54.7 Å². The topological polar surface area (TPSA) is 114 Å². The van der Waals surface area contributed by atoms with Crippen molar-refractivity contribution in [3.05, 3.63) is 76.8 Å². The van der Waals surface area contributed by atoms with Gasteiger partial charge in [-0.25, -0.2) is 17.5 Å². The van der Waals surface area contributed by atoms with Gasteiger partial charge in [-0.1, -0.05) is 11.6 Å². The minimum atomic E-state index is -3.20. The molecule has 0 aliphatic carbocycles. The summed E-state index contributed by atoms with van der Waals surface area (Å²) in [6.45, 7) is 1.39. The van der Waals surface area contributed by atoms with Crippen LogP contribution in [0.1, 0.15) is 29.4 Å². The molecule has 1 aliphatic heterocycles. The fraction of sp³-hybridized carbons (Fsp3) is 0.240. The van der Waals surface area contributed by atoms with Gasteiger partial charge in [-0.15, -0.1) is 0 Å². The van der Waals surface area contributed by atoms with Crippen LogP contribution in [0.2, 0.25) is 5.02 Å². The first-order chi connectivity index (χ1) is 17.1. The number of fused-ring (bicyclic) bond motifs is 1. The van der Waals surface area contributed by atoms with E-state index in [2.05, 4.69) is 10.3 Å². The van der Waals surface area contributed by atoms with Crippen molar-refractivity contribution in [2.75, 3.05) is 11.5 Å². The van der Waals surface area contributed by atoms with E-state index in [4.69, 9.17) is 16.7 Å². The summed E-state index contributed by atoms with van der Waals surface area (Å²) in [7, 11) is -3.20. The number of aromatic nitrogens is 3. The first kappa shape index (κ1) is 24.4. The molecule has 11 heteroatoms. The van der Waals surface area contributed by atoms with Crippen LogP contribution in [0.4, 0.5) is 4.39 Å². The fourth-order valence-corrected chi connectivity index (χ4v) is 6.74. The summed E-state index contributed by atoms with van der Waals surface area (Å²) < 4.78 is 39.1. The van der Waals surface area contributed by atoms with Crippen molar-refractivity contribution < 1.29 is 22.7 Å². The molecule has 0 spiro atoms. The second-order valence-corrected chi connectivity index (χ2v) is 11.8. The van der Waals surface area contributed by atoms with Crippen molar-refractivity contribution in [1.29, 1.82) is 0 Å². The van der Waals surface area contributed by atoms with Gasteiger partial charge in [0.15, 0.2) is 9.84 Å². The molecule has 1 atom stereocenters. The molecule has 2 aromatic carbocycles. The highest BCUT2D eigenvalue weighted by Gasteiger charge is 2.39. The van der Waals surface area contributed by atoms with Gasteiger partial charge in [0.1, 0.15) is 11.5 Å². The molecule has 0 radical (unpaired) electrons. The quantitative estimate of drug-likeness (QED) is 0.408. The molecule has 0 bridgehead atoms. The summed E-state index contributed by atoms with van der Waals surface area (Å²) >= 11 is 6.18. The molecule has 5 rings (SSSR count). The number of nitrogens with one attached hydrogen (secondary N) is 1. The number of aliphatic hydroxyl groups excluding tert-OH is 1. The maximum atomic E-state index is 13.6. The van der Waals surface area contributed by atoms with E-state index in [-0.39, 0.29) is 18.1 Å². The number of aliphatic hydroxyl groups is 1. The number of pyridine rings is 1. The lowest BCUT2D eigenvalue weighted by molar-refractivity contribution is 0.0915. The molecule has 4 aromatic rings. The van der Waals surface area contributed by atoms with Crippen LogP contribution in [0.3, 0.4) is 0 Å². The summed E-state index contributed by atoms with van der Waals surface area (Å²) in [6.07, 6.45) is 1.77. The average Bonchev–Trinajstić information content (AvgIpc) is 3.35. The van der Waals surface area contributed by atoms with Gasteiger partial charge in [0, 0.05) is 22.7 Å². The molecule has 1 saturated heterocycles. The molecule has 1 fully saturated rings. The standard InChI is InChI=1S/C25H22ClFN4O4S/c1-25(8-9-36(34,35)14-25)29-24(33)15-2-7-19-22(10-15)31(18-5-3-17(27)4-6-18)30-23(19)20-11-16(26)12-28-21(20)13-32/h2-7,10-12,32H,8-9,13-14H2,1H3,(H,29,33)/t25-/m1/s1. The monoisotopic (exact) mass is 528 g/mol. The van der Waals surface area contributed by atoms with Crippen molar-refractivity contribution in [1.82, 2.24) is 20.1 Å². The Bertz CT molecular complexity index is 1600. The van der Waals surface area contributed by atoms with Gasteiger partial charge in [-0.2, -0.15) is 5.10 Å². The Morgan fingerprint density at radius 2 is 1.97 bits per heavy atom. The Balaban J connectivity index is 1.64. The van der Waals surface area contributed by atoms with Crippen LogP contribution < -0.4 is 5.32 Å². The fourth-order valence-electron chi connectivity index (χ4n) is 4.49. The Kier molecular flexibility index (Phi) is 6.06. The first-order valence-corrected chi connectivity index (χ1v) is 13.3. The van der Waals surface area contributed by atoms with Crippen LogP contribution in [0.5, 0.6) is 0 Å². The molecule has 1 amide bonds. The number of hydrogen-bond donors (Lipinski definition) is 2. The molecule has 2 N–H and O–H groups in total. The largest absolute Gasteiger partial charge is 0.390 e. The van der Waals surface area contributed by atoms with E-state index >= 15 is 0 Å². The van der Waals surface area contributed by atoms with E-state index in [0.717, 1.165) is 0 Å². The molecule has 2 aromatic heterocycles. The van der Waals surface area contributed by atoms with Crippen LogP contribution in [-0.4, -0.2) is 51.2 Å². The number of rotatable bonds is 5. The van der Waals surface area contributed by atoms with Crippen molar-refractivity contribution in [2.45, 2.75) is 25.5 Å². The maximum absolute atomic E-state index is 13.6. The summed E-state index contributed by atoms with van der Waals surface area (Å²) in [4.78, 5) is 17.3. The highest BCUT2D eigenvalue weighted by molar-refractivity contribution is 7.91. The van der Waals surface area contributed by atoms with Crippen molar-refractivity contribution in [3.8, 4) is 16.9 Å². The van der Waals surface area contributed by atoms with Crippen molar-refractivity contribution in [2.24, 2.45) is 0 Å². The van der Waals surface area contributed by atoms with Gasteiger partial charge in [0.2, 0.25) is 0 Å². The van der Waals surface area contributed by atoms with E-state index < -0.39 is 27.1 Å². The van der Waals surface area contributed by atoms with Gasteiger partial charge in [0.25, 0.3) is 5.91 Å². The maximum Gasteiger partial charge on any atom is 0.251 e. The van der Waals surface area contributed by atoms with Gasteiger partial charge in [0.05, 0.1) is 45.6 Å². The summed E-state index contributed by atoms with van der Waals surface area (Å²) in [5.41, 5.74) is 1.95. The Hall–Kier alpha value is -3.34. The predicted molar refractivity (Wildman–Crippen MR) is 134 cm³/mol. The molecule has 186 valence electrons. The van der Waals surface area contributed by atoms with Crippen LogP contribution in [0.25, 0.3) is 27.8 Å². The van der Waals surface area contributed by atoms with E-state index in [9.17, 15) is 22.7 Å². The molecule has 36 heavy (non-hydrogen) atoms. The summed E-state index contributed by atoms with van der Waals surface area (Å²) in [6, 6.07) is 12.4. The number of carbonyl (C=O) groups is 1. The third-order valence-corrected chi connectivity index (χ3v) is 8.38. The third kappa shape index (κ3) is 4.59. The van der Waals surface area contributed by atoms with Crippen LogP contribution in [0, 0.1) is 5.82 Å². The smallest absolute Gasteiger partial charge is 0.251 e. The zero-order valence-corrected chi connectivity index (χ0v) is 20.8. The normalized spacial score (nSPS) is 19.0. The number of benzene rings is 2. The van der Waals surface area contributed by atoms with Gasteiger partial charge < -0.3 is 10.4 Å². The molecule has 3 heterocycles. The Morgan fingerprint density at radius 3 is 2.64 bits per heavy atom. The van der Waals surface area contributed by atoms with Crippen molar-refractivity contribution in [3.63, 3.8) is 0 Å².